The first kappa shape index (κ1) is 14.6. The van der Waals surface area contributed by atoms with Gasteiger partial charge in [0.05, 0.1) is 4.92 Å². The number of carbonyl (C=O) groups is 1. The quantitative estimate of drug-likeness (QED) is 0.695. The highest BCUT2D eigenvalue weighted by Gasteiger charge is 2.21. The molecule has 1 aliphatic rings. The molecule has 0 fully saturated rings. The van der Waals surface area contributed by atoms with Crippen LogP contribution in [0.4, 0.5) is 17.1 Å². The van der Waals surface area contributed by atoms with Crippen molar-refractivity contribution in [3.05, 3.63) is 71.0 Å². The monoisotopic (exact) mass is 311 g/mol. The number of nitrogens with zero attached hydrogens (tertiary/aromatic N) is 3. The Balaban J connectivity index is 1.80. The number of carbonyl (C=O) groups excluding carboxylic acids is 1. The summed E-state index contributed by atoms with van der Waals surface area (Å²) in [5.74, 6) is -0.00811. The summed E-state index contributed by atoms with van der Waals surface area (Å²) in [7, 11) is 0. The van der Waals surface area contributed by atoms with Crippen molar-refractivity contribution in [1.82, 2.24) is 0 Å². The number of aromatic hydroxyl groups is 1. The lowest BCUT2D eigenvalue weighted by atomic mass is 10.2. The number of hydrogen-bond donors (Lipinski definition) is 1. The third-order valence-electron chi connectivity index (χ3n) is 3.49. The minimum Gasteiger partial charge on any atom is -0.508 e. The van der Waals surface area contributed by atoms with Crippen LogP contribution in [0.1, 0.15) is 0 Å². The first-order valence-corrected chi connectivity index (χ1v) is 6.85. The van der Waals surface area contributed by atoms with Gasteiger partial charge in [-0.25, -0.2) is 0 Å². The molecule has 0 atom stereocenters. The van der Waals surface area contributed by atoms with Crippen LogP contribution in [0.5, 0.6) is 5.75 Å². The van der Waals surface area contributed by atoms with E-state index in [1.807, 2.05) is 0 Å². The molecule has 0 aromatic heterocycles. The Bertz CT molecular complexity index is 769. The molecule has 0 spiro atoms. The number of phenolic OH excluding ortho intramolecular Hbond substituents is 1. The predicted octanol–water partition coefficient (Wildman–Crippen LogP) is 2.62. The summed E-state index contributed by atoms with van der Waals surface area (Å²) in [6, 6.07) is 12.3. The van der Waals surface area contributed by atoms with E-state index in [9.17, 15) is 20.0 Å². The first-order valence-electron chi connectivity index (χ1n) is 6.85. The average molecular weight is 311 g/mol. The Morgan fingerprint density at radius 2 is 1.57 bits per heavy atom. The van der Waals surface area contributed by atoms with Gasteiger partial charge in [-0.2, -0.15) is 0 Å². The Morgan fingerprint density at radius 1 is 0.957 bits per heavy atom. The largest absolute Gasteiger partial charge is 0.508 e. The number of benzene rings is 2. The summed E-state index contributed by atoms with van der Waals surface area (Å²) in [5.41, 5.74) is 1.37. The van der Waals surface area contributed by atoms with E-state index in [2.05, 4.69) is 0 Å². The van der Waals surface area contributed by atoms with Gasteiger partial charge in [-0.15, -0.1) is 0 Å². The van der Waals surface area contributed by atoms with Crippen molar-refractivity contribution in [3.63, 3.8) is 0 Å². The van der Waals surface area contributed by atoms with Crippen LogP contribution in [0.25, 0.3) is 0 Å². The lowest BCUT2D eigenvalue weighted by Gasteiger charge is -2.29. The molecule has 0 aliphatic carbocycles. The van der Waals surface area contributed by atoms with Gasteiger partial charge in [0.1, 0.15) is 12.3 Å². The summed E-state index contributed by atoms with van der Waals surface area (Å²) in [6.45, 7) is 0.120. The second kappa shape index (κ2) is 5.80. The zero-order chi connectivity index (χ0) is 16.4. The molecule has 0 radical (unpaired) electrons. The van der Waals surface area contributed by atoms with Gasteiger partial charge in [-0.05, 0) is 36.4 Å². The average Bonchev–Trinajstić information content (AvgIpc) is 2.56. The van der Waals surface area contributed by atoms with Crippen molar-refractivity contribution in [2.45, 2.75) is 0 Å². The molecule has 23 heavy (non-hydrogen) atoms. The van der Waals surface area contributed by atoms with Crippen molar-refractivity contribution in [2.75, 3.05) is 16.3 Å². The molecule has 7 nitrogen and oxygen atoms in total. The standard InChI is InChI=1S/C16H13N3O4/c20-15-7-5-13(6-8-15)18-10-9-17(11-16(18)21)12-1-3-14(4-2-12)19(22)23/h1-10,20H,11H2. The predicted molar refractivity (Wildman–Crippen MR) is 85.2 cm³/mol. The Labute approximate surface area is 131 Å². The second-order valence-corrected chi connectivity index (χ2v) is 4.98. The Kier molecular flexibility index (Phi) is 3.68. The van der Waals surface area contributed by atoms with Crippen molar-refractivity contribution >= 4 is 23.0 Å². The van der Waals surface area contributed by atoms with Crippen molar-refractivity contribution in [3.8, 4) is 5.75 Å². The zero-order valence-electron chi connectivity index (χ0n) is 12.0. The minimum atomic E-state index is -0.465. The molecule has 1 N–H and O–H groups in total. The summed E-state index contributed by atoms with van der Waals surface area (Å²) >= 11 is 0. The van der Waals surface area contributed by atoms with Crippen LogP contribution in [0.15, 0.2) is 60.9 Å². The van der Waals surface area contributed by atoms with Gasteiger partial charge in [0.15, 0.2) is 0 Å². The van der Waals surface area contributed by atoms with E-state index in [1.165, 1.54) is 29.2 Å². The molecule has 1 aliphatic heterocycles. The molecule has 116 valence electrons. The van der Waals surface area contributed by atoms with Crippen LogP contribution in [0, 0.1) is 10.1 Å². The van der Waals surface area contributed by atoms with Crippen LogP contribution < -0.4 is 9.80 Å². The lowest BCUT2D eigenvalue weighted by Crippen LogP contribution is -2.40. The fourth-order valence-corrected chi connectivity index (χ4v) is 2.29. The molecule has 3 rings (SSSR count). The van der Waals surface area contributed by atoms with E-state index in [0.717, 1.165) is 0 Å². The van der Waals surface area contributed by atoms with Gasteiger partial charge in [-0.1, -0.05) is 0 Å². The van der Waals surface area contributed by atoms with E-state index in [4.69, 9.17) is 0 Å². The van der Waals surface area contributed by atoms with Gasteiger partial charge < -0.3 is 10.0 Å². The fourth-order valence-electron chi connectivity index (χ4n) is 2.29. The van der Waals surface area contributed by atoms with E-state index >= 15 is 0 Å². The molecule has 0 saturated heterocycles. The number of phenols is 1. The molecular formula is C16H13N3O4. The van der Waals surface area contributed by atoms with Crippen LogP contribution in [0.3, 0.4) is 0 Å². The van der Waals surface area contributed by atoms with E-state index < -0.39 is 4.92 Å². The van der Waals surface area contributed by atoms with E-state index in [0.29, 0.717) is 11.4 Å². The third-order valence-corrected chi connectivity index (χ3v) is 3.49. The third kappa shape index (κ3) is 2.98. The molecule has 0 bridgehead atoms. The number of hydrogen-bond acceptors (Lipinski definition) is 5. The highest BCUT2D eigenvalue weighted by Crippen LogP contribution is 2.25. The summed E-state index contributed by atoms with van der Waals surface area (Å²) in [5, 5.41) is 20.0. The lowest BCUT2D eigenvalue weighted by molar-refractivity contribution is -0.384. The number of nitro benzene ring substituents is 1. The molecular weight excluding hydrogens is 298 g/mol. The van der Waals surface area contributed by atoms with Crippen LogP contribution >= 0.6 is 0 Å². The summed E-state index contributed by atoms with van der Waals surface area (Å²) < 4.78 is 0. The number of nitro groups is 1. The Morgan fingerprint density at radius 3 is 2.13 bits per heavy atom. The number of rotatable bonds is 3. The molecule has 1 amide bonds. The molecule has 1 heterocycles. The maximum atomic E-state index is 12.3. The molecule has 0 saturated carbocycles. The number of amides is 1. The van der Waals surface area contributed by atoms with Gasteiger partial charge in [0.25, 0.3) is 11.6 Å². The number of anilines is 2. The first-order chi connectivity index (χ1) is 11.0. The van der Waals surface area contributed by atoms with Gasteiger partial charge >= 0.3 is 0 Å². The minimum absolute atomic E-state index is 0.00628. The van der Waals surface area contributed by atoms with Gasteiger partial charge in [0, 0.05) is 35.9 Å². The summed E-state index contributed by atoms with van der Waals surface area (Å²) in [4.78, 5) is 25.7. The normalized spacial score (nSPS) is 14.2. The molecule has 2 aromatic rings. The maximum absolute atomic E-state index is 12.3. The maximum Gasteiger partial charge on any atom is 0.269 e. The van der Waals surface area contributed by atoms with E-state index in [-0.39, 0.29) is 23.9 Å². The van der Waals surface area contributed by atoms with E-state index in [1.54, 1.807) is 41.6 Å². The van der Waals surface area contributed by atoms with Gasteiger partial charge in [0.2, 0.25) is 0 Å². The highest BCUT2D eigenvalue weighted by atomic mass is 16.6. The van der Waals surface area contributed by atoms with Crippen molar-refractivity contribution in [2.24, 2.45) is 0 Å². The molecule has 7 heteroatoms. The van der Waals surface area contributed by atoms with Crippen molar-refractivity contribution in [1.29, 1.82) is 0 Å². The summed E-state index contributed by atoms with van der Waals surface area (Å²) in [6.07, 6.45) is 3.36. The molecule has 2 aromatic carbocycles. The number of non-ortho nitro benzene ring substituents is 1. The topological polar surface area (TPSA) is 86.9 Å². The van der Waals surface area contributed by atoms with Crippen molar-refractivity contribution < 1.29 is 14.8 Å². The zero-order valence-corrected chi connectivity index (χ0v) is 12.0. The van der Waals surface area contributed by atoms with Crippen LogP contribution in [0.2, 0.25) is 0 Å². The molecule has 0 unspecified atom stereocenters. The SMILES string of the molecule is O=C1CN(c2ccc([N+](=O)[O-])cc2)C=CN1c1ccc(O)cc1. The van der Waals surface area contributed by atoms with Crippen LogP contribution in [-0.2, 0) is 4.79 Å². The smallest absolute Gasteiger partial charge is 0.269 e. The van der Waals surface area contributed by atoms with Crippen LogP contribution in [-0.4, -0.2) is 22.5 Å². The fraction of sp³-hybridized carbons (Fsp3) is 0.0625. The van der Waals surface area contributed by atoms with Gasteiger partial charge in [-0.3, -0.25) is 19.8 Å². The highest BCUT2D eigenvalue weighted by molar-refractivity contribution is 5.99. The second-order valence-electron chi connectivity index (χ2n) is 4.98. The Hall–Kier alpha value is -3.35.